The van der Waals surface area contributed by atoms with Crippen LogP contribution in [0.1, 0.15) is 0 Å². The smallest absolute Gasteiger partial charge is 0.159 e. The summed E-state index contributed by atoms with van der Waals surface area (Å²) in [6.45, 7) is 0. The first-order chi connectivity index (χ1) is 31.3. The molecule has 2 heterocycles. The van der Waals surface area contributed by atoms with Crippen molar-refractivity contribution in [3.05, 3.63) is 237 Å². The van der Waals surface area contributed by atoms with Gasteiger partial charge in [-0.1, -0.05) is 194 Å². The molecule has 0 bridgehead atoms. The first kappa shape index (κ1) is 36.5. The summed E-state index contributed by atoms with van der Waals surface area (Å²) in [4.78, 5) is 2.44. The summed E-state index contributed by atoms with van der Waals surface area (Å²) < 4.78 is 14.3. The zero-order valence-corrected chi connectivity index (χ0v) is 34.3. The molecular formula is C60H39NO2. The molecule has 0 unspecified atom stereocenters. The number of rotatable bonds is 8. The van der Waals surface area contributed by atoms with E-state index in [1.54, 1.807) is 0 Å². The molecule has 0 aliphatic heterocycles. The third-order valence-electron chi connectivity index (χ3n) is 12.3. The number of furan rings is 2. The van der Waals surface area contributed by atoms with E-state index < -0.39 is 0 Å². The van der Waals surface area contributed by atoms with Gasteiger partial charge in [0, 0.05) is 32.8 Å². The van der Waals surface area contributed by atoms with Crippen LogP contribution in [0.15, 0.2) is 245 Å². The van der Waals surface area contributed by atoms with Gasteiger partial charge < -0.3 is 13.7 Å². The summed E-state index contributed by atoms with van der Waals surface area (Å²) in [7, 11) is 0. The lowest BCUT2D eigenvalue weighted by atomic mass is 9.93. The van der Waals surface area contributed by atoms with Gasteiger partial charge in [-0.05, 0) is 81.4 Å². The molecule has 63 heavy (non-hydrogen) atoms. The quantitative estimate of drug-likeness (QED) is 0.153. The van der Waals surface area contributed by atoms with E-state index in [1.807, 2.05) is 0 Å². The third-order valence-corrected chi connectivity index (χ3v) is 12.3. The molecule has 10 aromatic carbocycles. The normalized spacial score (nSPS) is 11.5. The number of hydrogen-bond donors (Lipinski definition) is 0. The fraction of sp³-hybridized carbons (Fsp3) is 0. The van der Waals surface area contributed by atoms with Gasteiger partial charge in [0.1, 0.15) is 16.7 Å². The summed E-state index contributed by atoms with van der Waals surface area (Å²) in [5.74, 6) is 0. The molecule has 12 aromatic rings. The molecule has 0 aliphatic carbocycles. The van der Waals surface area contributed by atoms with E-state index in [-0.39, 0.29) is 0 Å². The van der Waals surface area contributed by atoms with E-state index in [0.29, 0.717) is 0 Å². The summed E-state index contributed by atoms with van der Waals surface area (Å²) in [5, 5.41) is 4.17. The second kappa shape index (κ2) is 15.3. The standard InChI is InChI=1S/C60H39NO2/c1-6-18-40(19-7-1)45-32-34-50-51-30-17-31-54(59(51)62-55(50)38-45)61(58-47(42-22-10-3-11-23-42)28-16-29-48(58)43-24-12-4-13-25-43)53-37-36-49(44-26-14-5-15-27-44)60-57(53)52-35-33-46(39-56(52)63-60)41-20-8-2-9-21-41/h1-39H. The molecular weight excluding hydrogens is 767 g/mol. The Morgan fingerprint density at radius 3 is 1.29 bits per heavy atom. The lowest BCUT2D eigenvalue weighted by Gasteiger charge is -2.31. The number of hydrogen-bond acceptors (Lipinski definition) is 3. The summed E-state index contributed by atoms with van der Waals surface area (Å²) in [6.07, 6.45) is 0. The van der Waals surface area contributed by atoms with Crippen LogP contribution in [0, 0.1) is 0 Å². The summed E-state index contributed by atoms with van der Waals surface area (Å²) >= 11 is 0. The van der Waals surface area contributed by atoms with E-state index in [0.717, 1.165) is 117 Å². The Kier molecular flexibility index (Phi) is 8.83. The molecule has 3 nitrogen and oxygen atoms in total. The van der Waals surface area contributed by atoms with Crippen LogP contribution in [0.4, 0.5) is 17.1 Å². The minimum atomic E-state index is 0.805. The third kappa shape index (κ3) is 6.29. The van der Waals surface area contributed by atoms with Crippen LogP contribution in [-0.4, -0.2) is 0 Å². The van der Waals surface area contributed by atoms with E-state index in [1.165, 1.54) is 0 Å². The minimum absolute atomic E-state index is 0.805. The van der Waals surface area contributed by atoms with Gasteiger partial charge in [0.15, 0.2) is 5.58 Å². The first-order valence-electron chi connectivity index (χ1n) is 21.4. The summed E-state index contributed by atoms with van der Waals surface area (Å²) in [5.41, 5.74) is 17.3. The SMILES string of the molecule is c1ccc(-c2ccc3c(c2)oc2c(N(c4c(-c5ccccc5)cccc4-c4ccccc4)c4ccc(-c5ccccc5)c5oc6cc(-c7ccccc7)ccc6c45)cccc23)cc1. The van der Waals surface area contributed by atoms with Gasteiger partial charge in [0.25, 0.3) is 0 Å². The van der Waals surface area contributed by atoms with Crippen molar-refractivity contribution in [2.75, 3.05) is 4.90 Å². The van der Waals surface area contributed by atoms with Crippen LogP contribution in [0.25, 0.3) is 99.5 Å². The molecule has 12 rings (SSSR count). The van der Waals surface area contributed by atoms with Crippen LogP contribution in [-0.2, 0) is 0 Å². The molecule has 0 saturated heterocycles. The van der Waals surface area contributed by atoms with Gasteiger partial charge in [-0.15, -0.1) is 0 Å². The van der Waals surface area contributed by atoms with E-state index >= 15 is 0 Å². The van der Waals surface area contributed by atoms with E-state index in [4.69, 9.17) is 8.83 Å². The Morgan fingerprint density at radius 1 is 0.270 bits per heavy atom. The van der Waals surface area contributed by atoms with Gasteiger partial charge in [-0.2, -0.15) is 0 Å². The van der Waals surface area contributed by atoms with Crippen molar-refractivity contribution >= 4 is 60.9 Å². The molecule has 0 spiro atoms. The van der Waals surface area contributed by atoms with Crippen molar-refractivity contribution in [3.8, 4) is 55.6 Å². The molecule has 0 atom stereocenters. The number of benzene rings is 10. The highest BCUT2D eigenvalue weighted by Gasteiger charge is 2.29. The molecule has 0 aliphatic rings. The van der Waals surface area contributed by atoms with Crippen LogP contribution in [0.3, 0.4) is 0 Å². The number of fused-ring (bicyclic) bond motifs is 6. The van der Waals surface area contributed by atoms with E-state index in [9.17, 15) is 0 Å². The molecule has 3 heteroatoms. The van der Waals surface area contributed by atoms with Gasteiger partial charge in [0.05, 0.1) is 22.4 Å². The maximum absolute atomic E-state index is 7.13. The average Bonchev–Trinajstić information content (AvgIpc) is 3.94. The zero-order chi connectivity index (χ0) is 41.7. The van der Waals surface area contributed by atoms with Gasteiger partial charge in [-0.25, -0.2) is 0 Å². The highest BCUT2D eigenvalue weighted by molar-refractivity contribution is 6.20. The minimum Gasteiger partial charge on any atom is -0.455 e. The molecule has 0 amide bonds. The summed E-state index contributed by atoms with van der Waals surface area (Å²) in [6, 6.07) is 83.9. The van der Waals surface area contributed by atoms with Gasteiger partial charge in [-0.3, -0.25) is 0 Å². The molecule has 2 aromatic heterocycles. The molecule has 296 valence electrons. The maximum atomic E-state index is 7.13. The molecule has 0 N–H and O–H groups in total. The Balaban J connectivity index is 1.21. The monoisotopic (exact) mass is 805 g/mol. The van der Waals surface area contributed by atoms with Crippen molar-refractivity contribution in [3.63, 3.8) is 0 Å². The van der Waals surface area contributed by atoms with Crippen molar-refractivity contribution < 1.29 is 8.83 Å². The predicted octanol–water partition coefficient (Wildman–Crippen LogP) is 17.3. The molecule has 0 fully saturated rings. The van der Waals surface area contributed by atoms with Crippen LogP contribution >= 0.6 is 0 Å². The Bertz CT molecular complexity index is 3540. The second-order valence-electron chi connectivity index (χ2n) is 16.0. The van der Waals surface area contributed by atoms with Gasteiger partial charge in [0.2, 0.25) is 0 Å². The fourth-order valence-electron chi connectivity index (χ4n) is 9.33. The number of para-hydroxylation sites is 2. The molecule has 0 saturated carbocycles. The van der Waals surface area contributed by atoms with Crippen LogP contribution in [0.5, 0.6) is 0 Å². The Morgan fingerprint density at radius 2 is 0.730 bits per heavy atom. The van der Waals surface area contributed by atoms with Crippen molar-refractivity contribution in [2.45, 2.75) is 0 Å². The van der Waals surface area contributed by atoms with Crippen LogP contribution < -0.4 is 4.90 Å². The lowest BCUT2D eigenvalue weighted by molar-refractivity contribution is 0.668. The number of anilines is 3. The van der Waals surface area contributed by atoms with Crippen molar-refractivity contribution in [2.24, 2.45) is 0 Å². The van der Waals surface area contributed by atoms with Crippen molar-refractivity contribution in [1.29, 1.82) is 0 Å². The Labute approximate surface area is 365 Å². The number of nitrogens with zero attached hydrogens (tertiary/aromatic N) is 1. The van der Waals surface area contributed by atoms with E-state index in [2.05, 4.69) is 241 Å². The topological polar surface area (TPSA) is 29.5 Å². The molecule has 0 radical (unpaired) electrons. The maximum Gasteiger partial charge on any atom is 0.159 e. The highest BCUT2D eigenvalue weighted by Crippen LogP contribution is 2.53. The predicted molar refractivity (Wildman–Crippen MR) is 263 cm³/mol. The zero-order valence-electron chi connectivity index (χ0n) is 34.3. The van der Waals surface area contributed by atoms with Crippen molar-refractivity contribution in [1.82, 2.24) is 0 Å². The first-order valence-corrected chi connectivity index (χ1v) is 21.4. The largest absolute Gasteiger partial charge is 0.455 e. The van der Waals surface area contributed by atoms with Gasteiger partial charge >= 0.3 is 0 Å². The lowest BCUT2D eigenvalue weighted by Crippen LogP contribution is -2.13. The average molecular weight is 806 g/mol. The second-order valence-corrected chi connectivity index (χ2v) is 16.0. The highest BCUT2D eigenvalue weighted by atomic mass is 16.3. The van der Waals surface area contributed by atoms with Crippen LogP contribution in [0.2, 0.25) is 0 Å². The Hall–Kier alpha value is -8.40. The fourth-order valence-corrected chi connectivity index (χ4v) is 9.33.